The minimum absolute atomic E-state index is 0.0864. The molecule has 0 bridgehead atoms. The van der Waals surface area contributed by atoms with E-state index in [1.807, 2.05) is 29.3 Å². The quantitative estimate of drug-likeness (QED) is 0.676. The summed E-state index contributed by atoms with van der Waals surface area (Å²) in [5.74, 6) is 1.66. The number of nitrogens with zero attached hydrogens (tertiary/aromatic N) is 8. The Morgan fingerprint density at radius 1 is 0.960 bits per heavy atom. The van der Waals surface area contributed by atoms with E-state index in [0.29, 0.717) is 13.1 Å². The van der Waals surface area contributed by atoms with Gasteiger partial charge in [0.25, 0.3) is 0 Å². The van der Waals surface area contributed by atoms with Crippen LogP contribution >= 0.6 is 0 Å². The number of anilines is 1. The monoisotopic (exact) mass is 338 g/mol. The first-order chi connectivity index (χ1) is 12.3. The molecule has 0 radical (unpaired) electrons. The topological polar surface area (TPSA) is 85.0 Å². The average molecular weight is 338 g/mol. The zero-order valence-electron chi connectivity index (χ0n) is 13.6. The summed E-state index contributed by atoms with van der Waals surface area (Å²) in [6.45, 7) is 3.09. The molecule has 0 N–H and O–H groups in total. The lowest BCUT2D eigenvalue weighted by atomic mass is 10.3. The Hall–Kier alpha value is -3.23. The second-order valence-corrected chi connectivity index (χ2v) is 5.76. The predicted octanol–water partition coefficient (Wildman–Crippen LogP) is 0.208. The summed E-state index contributed by atoms with van der Waals surface area (Å²) in [7, 11) is 0. The second-order valence-electron chi connectivity index (χ2n) is 5.76. The lowest BCUT2D eigenvalue weighted by Crippen LogP contribution is -2.49. The molecule has 0 spiro atoms. The molecule has 1 saturated heterocycles. The smallest absolute Gasteiger partial charge is 0.244 e. The number of hydrogen-bond donors (Lipinski definition) is 0. The highest BCUT2D eigenvalue weighted by molar-refractivity contribution is 5.76. The van der Waals surface area contributed by atoms with Crippen molar-refractivity contribution in [2.45, 2.75) is 6.54 Å². The van der Waals surface area contributed by atoms with Gasteiger partial charge in [0.15, 0.2) is 5.82 Å². The van der Waals surface area contributed by atoms with Gasteiger partial charge < -0.3 is 9.80 Å². The van der Waals surface area contributed by atoms with Crippen molar-refractivity contribution in [3.8, 4) is 5.82 Å². The van der Waals surface area contributed by atoms with Crippen molar-refractivity contribution in [3.05, 3.63) is 49.3 Å². The number of hydrogen-bond acceptors (Lipinski definition) is 6. The number of aromatic nitrogens is 6. The molecule has 25 heavy (non-hydrogen) atoms. The molecule has 1 fully saturated rings. The van der Waals surface area contributed by atoms with Crippen LogP contribution in [0.2, 0.25) is 0 Å². The highest BCUT2D eigenvalue weighted by Crippen LogP contribution is 2.15. The van der Waals surface area contributed by atoms with E-state index >= 15 is 0 Å². The van der Waals surface area contributed by atoms with Gasteiger partial charge in [0.05, 0.1) is 0 Å². The molecule has 1 aliphatic heterocycles. The zero-order chi connectivity index (χ0) is 17.1. The van der Waals surface area contributed by atoms with Crippen LogP contribution < -0.4 is 4.90 Å². The van der Waals surface area contributed by atoms with Crippen molar-refractivity contribution < 1.29 is 4.79 Å². The SMILES string of the molecule is O=C(Cn1cccn1)N1CCN(c2cc(-n3cccn3)ncn2)CC1. The molecule has 9 nitrogen and oxygen atoms in total. The molecule has 0 unspecified atom stereocenters. The fourth-order valence-electron chi connectivity index (χ4n) is 2.86. The highest BCUT2D eigenvalue weighted by Gasteiger charge is 2.22. The first-order valence-electron chi connectivity index (χ1n) is 8.12. The molecule has 3 aromatic heterocycles. The summed E-state index contributed by atoms with van der Waals surface area (Å²) in [6.07, 6.45) is 8.58. The second kappa shape index (κ2) is 6.71. The van der Waals surface area contributed by atoms with Crippen molar-refractivity contribution >= 4 is 11.7 Å². The molecule has 0 atom stereocenters. The van der Waals surface area contributed by atoms with Gasteiger partial charge in [-0.2, -0.15) is 10.2 Å². The minimum Gasteiger partial charge on any atom is -0.353 e. The molecular formula is C16H18N8O. The third kappa shape index (κ3) is 3.35. The van der Waals surface area contributed by atoms with E-state index in [1.165, 1.54) is 0 Å². The van der Waals surface area contributed by atoms with Gasteiger partial charge in [-0.1, -0.05) is 0 Å². The Balaban J connectivity index is 1.39. The molecule has 1 aliphatic rings. The molecule has 0 aromatic carbocycles. The summed E-state index contributed by atoms with van der Waals surface area (Å²) in [4.78, 5) is 25.0. The minimum atomic E-state index is 0.0864. The van der Waals surface area contributed by atoms with Crippen LogP contribution in [0, 0.1) is 0 Å². The molecule has 9 heteroatoms. The third-order valence-corrected chi connectivity index (χ3v) is 4.19. The lowest BCUT2D eigenvalue weighted by Gasteiger charge is -2.35. The number of rotatable bonds is 4. The third-order valence-electron chi connectivity index (χ3n) is 4.19. The molecule has 1 amide bonds. The molecule has 3 aromatic rings. The van der Waals surface area contributed by atoms with Crippen LogP contribution in [0.15, 0.2) is 49.3 Å². The van der Waals surface area contributed by atoms with Crippen LogP contribution in [0.25, 0.3) is 5.82 Å². The maximum absolute atomic E-state index is 12.3. The van der Waals surface area contributed by atoms with Gasteiger partial charge in [0.1, 0.15) is 18.7 Å². The van der Waals surface area contributed by atoms with Gasteiger partial charge in [0.2, 0.25) is 5.91 Å². The standard InChI is InChI=1S/C16H18N8O/c25-16(12-23-5-1-3-19-23)22-9-7-21(8-10-22)14-11-15(18-13-17-14)24-6-2-4-20-24/h1-6,11,13H,7-10,12H2. The number of piperazine rings is 1. The zero-order valence-corrected chi connectivity index (χ0v) is 13.6. The number of amides is 1. The van der Waals surface area contributed by atoms with Gasteiger partial charge in [0, 0.05) is 57.0 Å². The van der Waals surface area contributed by atoms with Gasteiger partial charge in [-0.15, -0.1) is 0 Å². The van der Waals surface area contributed by atoms with Gasteiger partial charge in [-0.3, -0.25) is 9.48 Å². The van der Waals surface area contributed by atoms with E-state index in [-0.39, 0.29) is 12.5 Å². The summed E-state index contributed by atoms with van der Waals surface area (Å²) < 4.78 is 3.35. The lowest BCUT2D eigenvalue weighted by molar-refractivity contribution is -0.132. The van der Waals surface area contributed by atoms with E-state index in [4.69, 9.17) is 0 Å². The van der Waals surface area contributed by atoms with E-state index in [9.17, 15) is 4.79 Å². The van der Waals surface area contributed by atoms with Crippen molar-refractivity contribution in [2.24, 2.45) is 0 Å². The normalized spacial score (nSPS) is 14.7. The van der Waals surface area contributed by atoms with E-state index in [2.05, 4.69) is 25.1 Å². The van der Waals surface area contributed by atoms with Crippen molar-refractivity contribution in [1.82, 2.24) is 34.4 Å². The van der Waals surface area contributed by atoms with Crippen molar-refractivity contribution in [1.29, 1.82) is 0 Å². The van der Waals surface area contributed by atoms with Gasteiger partial charge in [-0.05, 0) is 12.1 Å². The fraction of sp³-hybridized carbons (Fsp3) is 0.312. The van der Waals surface area contributed by atoms with Crippen LogP contribution in [-0.4, -0.2) is 66.5 Å². The fourth-order valence-corrected chi connectivity index (χ4v) is 2.86. The van der Waals surface area contributed by atoms with Crippen molar-refractivity contribution in [3.63, 3.8) is 0 Å². The Labute approximate surface area is 144 Å². The Bertz CT molecular complexity index is 822. The summed E-state index contributed by atoms with van der Waals surface area (Å²) in [5.41, 5.74) is 0. The van der Waals surface area contributed by atoms with Crippen LogP contribution in [0.5, 0.6) is 0 Å². The average Bonchev–Trinajstić information content (AvgIpc) is 3.36. The first-order valence-corrected chi connectivity index (χ1v) is 8.12. The van der Waals surface area contributed by atoms with E-state index in [0.717, 1.165) is 24.7 Å². The largest absolute Gasteiger partial charge is 0.353 e. The van der Waals surface area contributed by atoms with E-state index < -0.39 is 0 Å². The molecule has 4 rings (SSSR count). The molecule has 0 saturated carbocycles. The first kappa shape index (κ1) is 15.3. The maximum atomic E-state index is 12.3. The Morgan fingerprint density at radius 3 is 2.44 bits per heavy atom. The van der Waals surface area contributed by atoms with Gasteiger partial charge in [-0.25, -0.2) is 14.6 Å². The number of carbonyl (C=O) groups excluding carboxylic acids is 1. The molecular weight excluding hydrogens is 320 g/mol. The predicted molar refractivity (Wildman–Crippen MR) is 90.2 cm³/mol. The molecule has 0 aliphatic carbocycles. The summed E-state index contributed by atoms with van der Waals surface area (Å²) in [6, 6.07) is 5.58. The summed E-state index contributed by atoms with van der Waals surface area (Å²) >= 11 is 0. The highest BCUT2D eigenvalue weighted by atomic mass is 16.2. The maximum Gasteiger partial charge on any atom is 0.244 e. The van der Waals surface area contributed by atoms with Gasteiger partial charge >= 0.3 is 0 Å². The molecule has 128 valence electrons. The van der Waals surface area contributed by atoms with Crippen LogP contribution in [-0.2, 0) is 11.3 Å². The molecule has 4 heterocycles. The van der Waals surface area contributed by atoms with Crippen LogP contribution in [0.1, 0.15) is 0 Å². The van der Waals surface area contributed by atoms with Crippen LogP contribution in [0.3, 0.4) is 0 Å². The van der Waals surface area contributed by atoms with Crippen LogP contribution in [0.4, 0.5) is 5.82 Å². The number of carbonyl (C=O) groups is 1. The van der Waals surface area contributed by atoms with Crippen molar-refractivity contribution in [2.75, 3.05) is 31.1 Å². The van der Waals surface area contributed by atoms with E-state index in [1.54, 1.807) is 34.3 Å². The Kier molecular flexibility index (Phi) is 4.11. The Morgan fingerprint density at radius 2 is 1.72 bits per heavy atom. The summed E-state index contributed by atoms with van der Waals surface area (Å²) in [5, 5.41) is 8.27.